The van der Waals surface area contributed by atoms with Crippen molar-refractivity contribution < 1.29 is 19.4 Å². The van der Waals surface area contributed by atoms with E-state index in [1.807, 2.05) is 18.2 Å². The lowest BCUT2D eigenvalue weighted by molar-refractivity contribution is -0.141. The molecule has 2 N–H and O–H groups in total. The number of aliphatic carboxylic acids is 1. The van der Waals surface area contributed by atoms with Gasteiger partial charge >= 0.3 is 5.97 Å². The molecule has 0 saturated carbocycles. The van der Waals surface area contributed by atoms with Crippen molar-refractivity contribution in [2.24, 2.45) is 5.92 Å². The van der Waals surface area contributed by atoms with Crippen molar-refractivity contribution in [2.45, 2.75) is 5.92 Å². The third-order valence-electron chi connectivity index (χ3n) is 4.49. The molecule has 0 spiro atoms. The molecule has 7 heteroatoms. The van der Waals surface area contributed by atoms with Crippen LogP contribution in [0, 0.1) is 5.92 Å². The van der Waals surface area contributed by atoms with Crippen LogP contribution in [0.1, 0.15) is 21.8 Å². The molecule has 0 aliphatic carbocycles. The summed E-state index contributed by atoms with van der Waals surface area (Å²) in [7, 11) is 1.53. The molecule has 1 aromatic carbocycles. The molecule has 1 aliphatic heterocycles. The third kappa shape index (κ3) is 3.26. The number of hydrogen-bond acceptors (Lipinski definition) is 4. The highest BCUT2D eigenvalue weighted by atomic mass is 16.5. The van der Waals surface area contributed by atoms with Gasteiger partial charge in [-0.25, -0.2) is 0 Å². The molecule has 2 unspecified atom stereocenters. The van der Waals surface area contributed by atoms with Gasteiger partial charge in [-0.05, 0) is 17.7 Å². The molecule has 1 aromatic heterocycles. The van der Waals surface area contributed by atoms with Crippen molar-refractivity contribution in [1.29, 1.82) is 0 Å². The van der Waals surface area contributed by atoms with Gasteiger partial charge in [0.05, 0.1) is 18.6 Å². The molecule has 2 aromatic rings. The molecular weight excluding hydrogens is 324 g/mol. The summed E-state index contributed by atoms with van der Waals surface area (Å²) in [5.41, 5.74) is 0.798. The highest BCUT2D eigenvalue weighted by Crippen LogP contribution is 2.38. The molecule has 130 valence electrons. The number of benzene rings is 1. The summed E-state index contributed by atoms with van der Waals surface area (Å²) < 4.78 is 5.34. The van der Waals surface area contributed by atoms with E-state index in [-0.39, 0.29) is 30.5 Å². The highest BCUT2D eigenvalue weighted by Gasteiger charge is 2.41. The van der Waals surface area contributed by atoms with Crippen LogP contribution < -0.4 is 10.3 Å². The number of nitrogens with one attached hydrogen (secondary N) is 1. The third-order valence-corrected chi connectivity index (χ3v) is 4.49. The standard InChI is InChI=1S/C18H18N2O5/c1-25-15-5-3-2-4-12(15)13-9-20(10-14(13)18(23)24)17(22)11-6-7-16(21)19-8-11/h2-8,13-14H,9-10H2,1H3,(H,19,21)(H,23,24). The average Bonchev–Trinajstić information content (AvgIpc) is 3.07. The first-order valence-electron chi connectivity index (χ1n) is 7.85. The molecule has 1 amide bonds. The van der Waals surface area contributed by atoms with Crippen molar-refractivity contribution in [2.75, 3.05) is 20.2 Å². The van der Waals surface area contributed by atoms with Gasteiger partial charge in [-0.15, -0.1) is 0 Å². The number of carboxylic acids is 1. The topological polar surface area (TPSA) is 99.7 Å². The van der Waals surface area contributed by atoms with Gasteiger partial charge in [-0.1, -0.05) is 18.2 Å². The van der Waals surface area contributed by atoms with Gasteiger partial charge in [0.2, 0.25) is 5.56 Å². The number of pyridine rings is 1. The van der Waals surface area contributed by atoms with E-state index in [9.17, 15) is 19.5 Å². The maximum Gasteiger partial charge on any atom is 0.308 e. The highest BCUT2D eigenvalue weighted by molar-refractivity contribution is 5.94. The Hall–Kier alpha value is -3.09. The number of aromatic amines is 1. The first-order valence-corrected chi connectivity index (χ1v) is 7.85. The number of carbonyl (C=O) groups is 2. The second kappa shape index (κ2) is 6.80. The van der Waals surface area contributed by atoms with E-state index in [4.69, 9.17) is 4.74 Å². The number of likely N-dealkylation sites (tertiary alicyclic amines) is 1. The van der Waals surface area contributed by atoms with Gasteiger partial charge in [-0.2, -0.15) is 0 Å². The Morgan fingerprint density at radius 3 is 2.60 bits per heavy atom. The summed E-state index contributed by atoms with van der Waals surface area (Å²) >= 11 is 0. The molecule has 1 saturated heterocycles. The van der Waals surface area contributed by atoms with Crippen LogP contribution in [0.5, 0.6) is 5.75 Å². The van der Waals surface area contributed by atoms with E-state index >= 15 is 0 Å². The van der Waals surface area contributed by atoms with Crippen molar-refractivity contribution >= 4 is 11.9 Å². The van der Waals surface area contributed by atoms with E-state index in [0.29, 0.717) is 11.3 Å². The van der Waals surface area contributed by atoms with Crippen LogP contribution in [0.15, 0.2) is 47.4 Å². The zero-order valence-corrected chi connectivity index (χ0v) is 13.6. The fourth-order valence-electron chi connectivity index (χ4n) is 3.23. The van der Waals surface area contributed by atoms with E-state index in [1.165, 1.54) is 30.3 Å². The van der Waals surface area contributed by atoms with E-state index in [2.05, 4.69) is 4.98 Å². The molecule has 25 heavy (non-hydrogen) atoms. The van der Waals surface area contributed by atoms with Gasteiger partial charge in [0, 0.05) is 31.3 Å². The normalized spacial score (nSPS) is 19.6. The number of para-hydroxylation sites is 1. The van der Waals surface area contributed by atoms with Gasteiger partial charge in [0.15, 0.2) is 0 Å². The summed E-state index contributed by atoms with van der Waals surface area (Å²) in [6.07, 6.45) is 1.34. The minimum Gasteiger partial charge on any atom is -0.496 e. The molecule has 2 heterocycles. The van der Waals surface area contributed by atoms with E-state index in [0.717, 1.165) is 5.56 Å². The Morgan fingerprint density at radius 1 is 1.20 bits per heavy atom. The van der Waals surface area contributed by atoms with Gasteiger partial charge in [0.1, 0.15) is 5.75 Å². The second-order valence-electron chi connectivity index (χ2n) is 5.94. The summed E-state index contributed by atoms with van der Waals surface area (Å²) in [4.78, 5) is 39.5. The number of aromatic nitrogens is 1. The largest absolute Gasteiger partial charge is 0.496 e. The number of carboxylic acid groups (broad SMARTS) is 1. The zero-order chi connectivity index (χ0) is 18.0. The van der Waals surface area contributed by atoms with E-state index in [1.54, 1.807) is 6.07 Å². The molecular formula is C18H18N2O5. The number of methoxy groups -OCH3 is 1. The zero-order valence-electron chi connectivity index (χ0n) is 13.6. The number of rotatable bonds is 4. The average molecular weight is 342 g/mol. The lowest BCUT2D eigenvalue weighted by Crippen LogP contribution is -2.30. The quantitative estimate of drug-likeness (QED) is 0.873. The number of hydrogen-bond donors (Lipinski definition) is 2. The lowest BCUT2D eigenvalue weighted by Gasteiger charge is -2.18. The van der Waals surface area contributed by atoms with Crippen LogP contribution in [-0.2, 0) is 4.79 Å². The summed E-state index contributed by atoms with van der Waals surface area (Å²) in [5.74, 6) is -1.73. The lowest BCUT2D eigenvalue weighted by atomic mass is 9.88. The molecule has 0 bridgehead atoms. The number of nitrogens with zero attached hydrogens (tertiary/aromatic N) is 1. The van der Waals surface area contributed by atoms with Crippen molar-refractivity contribution in [3.05, 3.63) is 64.1 Å². The monoisotopic (exact) mass is 342 g/mol. The maximum absolute atomic E-state index is 12.6. The fourth-order valence-corrected chi connectivity index (χ4v) is 3.23. The summed E-state index contributed by atoms with van der Waals surface area (Å²) in [5, 5.41) is 9.59. The number of ether oxygens (including phenoxy) is 1. The van der Waals surface area contributed by atoms with Crippen LogP contribution in [0.2, 0.25) is 0 Å². The second-order valence-corrected chi connectivity index (χ2v) is 5.94. The molecule has 2 atom stereocenters. The minimum absolute atomic E-state index is 0.107. The molecule has 1 aliphatic rings. The molecule has 7 nitrogen and oxygen atoms in total. The van der Waals surface area contributed by atoms with Gasteiger partial charge in [-0.3, -0.25) is 14.4 Å². The van der Waals surface area contributed by atoms with Crippen molar-refractivity contribution in [3.8, 4) is 5.75 Å². The minimum atomic E-state index is -0.951. The summed E-state index contributed by atoms with van der Waals surface area (Å²) in [6, 6.07) is 9.95. The van der Waals surface area contributed by atoms with Crippen LogP contribution >= 0.6 is 0 Å². The molecule has 0 radical (unpaired) electrons. The first-order chi connectivity index (χ1) is 12.0. The molecule has 1 fully saturated rings. The van der Waals surface area contributed by atoms with Crippen LogP contribution in [0.3, 0.4) is 0 Å². The Kier molecular flexibility index (Phi) is 4.56. The number of H-pyrrole nitrogens is 1. The predicted molar refractivity (Wildman–Crippen MR) is 89.8 cm³/mol. The summed E-state index contributed by atoms with van der Waals surface area (Å²) in [6.45, 7) is 0.380. The Labute approximate surface area is 143 Å². The van der Waals surface area contributed by atoms with Gasteiger partial charge in [0.25, 0.3) is 5.91 Å². The Bertz CT molecular complexity index is 840. The smallest absolute Gasteiger partial charge is 0.308 e. The van der Waals surface area contributed by atoms with E-state index < -0.39 is 11.9 Å². The SMILES string of the molecule is COc1ccccc1C1CN(C(=O)c2ccc(=O)[nH]c2)CC1C(=O)O. The maximum atomic E-state index is 12.6. The van der Waals surface area contributed by atoms with Crippen LogP contribution in [-0.4, -0.2) is 47.1 Å². The number of carbonyl (C=O) groups excluding carboxylic acids is 1. The Morgan fingerprint density at radius 2 is 1.96 bits per heavy atom. The fraction of sp³-hybridized carbons (Fsp3) is 0.278. The number of amides is 1. The first kappa shape index (κ1) is 16.8. The van der Waals surface area contributed by atoms with Crippen LogP contribution in [0.4, 0.5) is 0 Å². The van der Waals surface area contributed by atoms with Crippen molar-refractivity contribution in [3.63, 3.8) is 0 Å². The predicted octanol–water partition coefficient (Wildman–Crippen LogP) is 1.32. The Balaban J connectivity index is 1.90. The molecule has 3 rings (SSSR count). The van der Waals surface area contributed by atoms with Crippen molar-refractivity contribution in [1.82, 2.24) is 9.88 Å². The van der Waals surface area contributed by atoms with Gasteiger partial charge < -0.3 is 19.7 Å². The van der Waals surface area contributed by atoms with Crippen LogP contribution in [0.25, 0.3) is 0 Å².